The Labute approximate surface area is 242 Å². The van der Waals surface area contributed by atoms with Gasteiger partial charge in [0, 0.05) is 52.6 Å². The van der Waals surface area contributed by atoms with Crippen LogP contribution in [0.1, 0.15) is 77.7 Å². The van der Waals surface area contributed by atoms with Crippen LogP contribution in [-0.4, -0.2) is 51.8 Å². The number of halogens is 2. The van der Waals surface area contributed by atoms with Crippen molar-refractivity contribution >= 4 is 29.1 Å². The molecule has 1 aromatic rings. The SMILES string of the molecule is CC1(C)CCC2(CC1)N[C@@H](C(=O)NC1CC(C(C)(C)O)C1)[C@H](c1ccnc(Cl)c1)[C@]21CNC2C=C(Cl)C=CC21. The lowest BCUT2D eigenvalue weighted by atomic mass is 9.51. The maximum atomic E-state index is 14.2. The summed E-state index contributed by atoms with van der Waals surface area (Å²) >= 11 is 13.0. The highest BCUT2D eigenvalue weighted by atomic mass is 35.5. The Hall–Kier alpha value is -1.44. The summed E-state index contributed by atoms with van der Waals surface area (Å²) in [5.41, 5.74) is 0.149. The number of amides is 1. The Balaban J connectivity index is 1.41. The van der Waals surface area contributed by atoms with Gasteiger partial charge in [-0.1, -0.05) is 43.1 Å². The molecule has 212 valence electrons. The molecule has 8 heteroatoms. The second-order valence-electron chi connectivity index (χ2n) is 14.2. The molecule has 2 aliphatic heterocycles. The highest BCUT2D eigenvalue weighted by molar-refractivity contribution is 6.31. The van der Waals surface area contributed by atoms with Crippen molar-refractivity contribution in [3.63, 3.8) is 0 Å². The predicted molar refractivity (Wildman–Crippen MR) is 156 cm³/mol. The number of fused-ring (bicyclic) bond motifs is 3. The molecule has 3 aliphatic carbocycles. The number of allylic oxidation sites excluding steroid dienone is 2. The number of nitrogens with zero attached hydrogens (tertiary/aromatic N) is 1. The third-order valence-corrected chi connectivity index (χ3v) is 11.4. The fourth-order valence-electron chi connectivity index (χ4n) is 8.53. The number of aromatic nitrogens is 1. The van der Waals surface area contributed by atoms with Gasteiger partial charge >= 0.3 is 0 Å². The molecule has 1 amide bonds. The molecule has 2 unspecified atom stereocenters. The predicted octanol–water partition coefficient (Wildman–Crippen LogP) is 5.06. The maximum absolute atomic E-state index is 14.2. The lowest BCUT2D eigenvalue weighted by Crippen LogP contribution is -2.60. The minimum Gasteiger partial charge on any atom is -0.390 e. The number of carbonyl (C=O) groups is 1. The first-order valence-corrected chi connectivity index (χ1v) is 15.3. The summed E-state index contributed by atoms with van der Waals surface area (Å²) in [6.07, 6.45) is 14.1. The standard InChI is InChI=1S/C31H42Cl2N4O2/c1-28(2)8-10-30(11-9-28)31(17-35-23-16-20(32)5-6-22(23)31)25(18-7-12-34-24(33)13-18)26(37-30)27(38)36-21-14-19(15-21)29(3,4)39/h5-7,12-13,16,19,21-23,25-26,35,37,39H,8-11,14-15,17H2,1-4H3,(H,36,38)/t19?,21?,22?,23?,25-,26+,31+/m0/s1. The van der Waals surface area contributed by atoms with E-state index >= 15 is 0 Å². The number of nitrogens with one attached hydrogen (secondary N) is 3. The van der Waals surface area contributed by atoms with E-state index < -0.39 is 11.6 Å². The van der Waals surface area contributed by atoms with Gasteiger partial charge in [-0.2, -0.15) is 0 Å². The van der Waals surface area contributed by atoms with E-state index in [-0.39, 0.29) is 52.1 Å². The van der Waals surface area contributed by atoms with E-state index in [2.05, 4.69) is 46.9 Å². The van der Waals surface area contributed by atoms with E-state index in [9.17, 15) is 9.90 Å². The van der Waals surface area contributed by atoms with Gasteiger partial charge in [-0.05, 0) is 93.6 Å². The molecule has 3 heterocycles. The van der Waals surface area contributed by atoms with Crippen LogP contribution in [0.15, 0.2) is 41.6 Å². The Morgan fingerprint density at radius 1 is 1.18 bits per heavy atom. The zero-order valence-corrected chi connectivity index (χ0v) is 24.9. The molecule has 39 heavy (non-hydrogen) atoms. The van der Waals surface area contributed by atoms with E-state index in [1.54, 1.807) is 6.20 Å². The fraction of sp³-hybridized carbons (Fsp3) is 0.677. The van der Waals surface area contributed by atoms with Gasteiger partial charge in [-0.25, -0.2) is 4.98 Å². The minimum absolute atomic E-state index is 0.0463. The number of hydrogen-bond donors (Lipinski definition) is 4. The van der Waals surface area contributed by atoms with Crippen molar-refractivity contribution in [2.45, 2.75) is 101 Å². The van der Waals surface area contributed by atoms with Crippen LogP contribution in [0.5, 0.6) is 0 Å². The summed E-state index contributed by atoms with van der Waals surface area (Å²) < 4.78 is 0. The molecule has 0 radical (unpaired) electrons. The summed E-state index contributed by atoms with van der Waals surface area (Å²) in [6.45, 7) is 9.23. The Morgan fingerprint density at radius 3 is 2.56 bits per heavy atom. The quantitative estimate of drug-likeness (QED) is 0.379. The summed E-state index contributed by atoms with van der Waals surface area (Å²) in [7, 11) is 0. The smallest absolute Gasteiger partial charge is 0.238 e. The van der Waals surface area contributed by atoms with E-state index in [4.69, 9.17) is 23.2 Å². The molecular weight excluding hydrogens is 531 g/mol. The van der Waals surface area contributed by atoms with Crippen molar-refractivity contribution in [2.24, 2.45) is 22.7 Å². The fourth-order valence-corrected chi connectivity index (χ4v) is 8.92. The molecule has 2 spiro atoms. The first-order valence-electron chi connectivity index (χ1n) is 14.5. The molecule has 5 aliphatic rings. The lowest BCUT2D eigenvalue weighted by Gasteiger charge is -2.54. The normalized spacial score (nSPS) is 38.4. The van der Waals surface area contributed by atoms with Crippen LogP contribution >= 0.6 is 23.2 Å². The van der Waals surface area contributed by atoms with Gasteiger partial charge in [-0.3, -0.25) is 10.1 Å². The van der Waals surface area contributed by atoms with Gasteiger partial charge < -0.3 is 15.7 Å². The number of carbonyl (C=O) groups excluding carboxylic acids is 1. The highest BCUT2D eigenvalue weighted by Crippen LogP contribution is 2.65. The van der Waals surface area contributed by atoms with E-state index in [1.165, 1.54) is 0 Å². The molecule has 4 N–H and O–H groups in total. The van der Waals surface area contributed by atoms with Crippen LogP contribution in [-0.2, 0) is 4.79 Å². The summed E-state index contributed by atoms with van der Waals surface area (Å²) in [4.78, 5) is 18.5. The average Bonchev–Trinajstić information content (AvgIpc) is 3.34. The second kappa shape index (κ2) is 9.55. The summed E-state index contributed by atoms with van der Waals surface area (Å²) in [5, 5.41) is 22.8. The summed E-state index contributed by atoms with van der Waals surface area (Å²) in [6, 6.07) is 3.81. The van der Waals surface area contributed by atoms with Crippen LogP contribution in [0.3, 0.4) is 0 Å². The molecule has 0 bridgehead atoms. The Morgan fingerprint density at radius 2 is 1.90 bits per heavy atom. The molecule has 2 saturated carbocycles. The number of rotatable bonds is 4. The molecule has 2 saturated heterocycles. The lowest BCUT2D eigenvalue weighted by molar-refractivity contribution is -0.126. The van der Waals surface area contributed by atoms with E-state index in [1.807, 2.05) is 32.1 Å². The Bertz CT molecular complexity index is 1190. The van der Waals surface area contributed by atoms with Gasteiger partial charge in [0.2, 0.25) is 5.91 Å². The molecule has 5 atom stereocenters. The van der Waals surface area contributed by atoms with Gasteiger partial charge in [-0.15, -0.1) is 0 Å². The van der Waals surface area contributed by atoms with Gasteiger partial charge in [0.15, 0.2) is 0 Å². The first-order chi connectivity index (χ1) is 18.3. The van der Waals surface area contributed by atoms with Crippen molar-refractivity contribution in [3.05, 3.63) is 52.3 Å². The zero-order chi connectivity index (χ0) is 27.8. The largest absolute Gasteiger partial charge is 0.390 e. The second-order valence-corrected chi connectivity index (χ2v) is 15.0. The summed E-state index contributed by atoms with van der Waals surface area (Å²) in [5.74, 6) is 0.342. The van der Waals surface area contributed by atoms with E-state index in [0.717, 1.165) is 55.7 Å². The van der Waals surface area contributed by atoms with Crippen molar-refractivity contribution in [3.8, 4) is 0 Å². The minimum atomic E-state index is -0.723. The molecular formula is C31H42Cl2N4O2. The third-order valence-electron chi connectivity index (χ3n) is 11.0. The topological polar surface area (TPSA) is 86.3 Å². The molecule has 6 rings (SSSR count). The van der Waals surface area contributed by atoms with Gasteiger partial charge in [0.05, 0.1) is 11.6 Å². The van der Waals surface area contributed by atoms with Gasteiger partial charge in [0.25, 0.3) is 0 Å². The third kappa shape index (κ3) is 4.59. The molecule has 4 fully saturated rings. The Kier molecular flexibility index (Phi) is 6.79. The van der Waals surface area contributed by atoms with Crippen LogP contribution in [0.2, 0.25) is 5.15 Å². The molecule has 0 aromatic carbocycles. The molecule has 6 nitrogen and oxygen atoms in total. The maximum Gasteiger partial charge on any atom is 0.238 e. The highest BCUT2D eigenvalue weighted by Gasteiger charge is 2.71. The van der Waals surface area contributed by atoms with E-state index in [0.29, 0.717) is 5.15 Å². The van der Waals surface area contributed by atoms with Crippen LogP contribution in [0.4, 0.5) is 0 Å². The van der Waals surface area contributed by atoms with Crippen molar-refractivity contribution in [2.75, 3.05) is 6.54 Å². The number of pyridine rings is 1. The van der Waals surface area contributed by atoms with Crippen molar-refractivity contribution < 1.29 is 9.90 Å². The van der Waals surface area contributed by atoms with Crippen LogP contribution in [0, 0.1) is 22.7 Å². The van der Waals surface area contributed by atoms with Crippen LogP contribution < -0.4 is 16.0 Å². The average molecular weight is 574 g/mol. The van der Waals surface area contributed by atoms with Crippen LogP contribution in [0.25, 0.3) is 0 Å². The number of aliphatic hydroxyl groups is 1. The zero-order valence-electron chi connectivity index (χ0n) is 23.4. The van der Waals surface area contributed by atoms with Crippen molar-refractivity contribution in [1.82, 2.24) is 20.9 Å². The number of hydrogen-bond acceptors (Lipinski definition) is 5. The first kappa shape index (κ1) is 27.7. The van der Waals surface area contributed by atoms with Crippen molar-refractivity contribution in [1.29, 1.82) is 0 Å². The monoisotopic (exact) mass is 572 g/mol. The molecule has 1 aromatic heterocycles. The van der Waals surface area contributed by atoms with Gasteiger partial charge in [0.1, 0.15) is 5.15 Å².